The van der Waals surface area contributed by atoms with E-state index in [1.165, 1.54) is 17.7 Å². The molecular formula is C13H16IN. The van der Waals surface area contributed by atoms with Gasteiger partial charge in [0.2, 0.25) is 0 Å². The molecule has 0 saturated heterocycles. The Morgan fingerprint density at radius 2 is 1.93 bits per heavy atom. The summed E-state index contributed by atoms with van der Waals surface area (Å²) >= 11 is 2.50. The van der Waals surface area contributed by atoms with E-state index in [0.717, 1.165) is 6.42 Å². The summed E-state index contributed by atoms with van der Waals surface area (Å²) in [5.74, 6) is 0. The van der Waals surface area contributed by atoms with Crippen molar-refractivity contribution in [2.24, 2.45) is 4.99 Å². The fraction of sp³-hybridized carbons (Fsp3) is 0.462. The maximum Gasteiger partial charge on any atom is 0.0647 e. The Morgan fingerprint density at radius 3 is 2.47 bits per heavy atom. The lowest BCUT2D eigenvalue weighted by atomic mass is 10.0. The van der Waals surface area contributed by atoms with Crippen molar-refractivity contribution in [3.8, 4) is 0 Å². The Labute approximate surface area is 105 Å². The minimum absolute atomic E-state index is 0.272. The zero-order valence-electron chi connectivity index (χ0n) is 9.20. The van der Waals surface area contributed by atoms with Gasteiger partial charge in [0.1, 0.15) is 0 Å². The van der Waals surface area contributed by atoms with E-state index in [1.807, 2.05) is 0 Å². The van der Waals surface area contributed by atoms with Crippen LogP contribution in [0.2, 0.25) is 0 Å². The topological polar surface area (TPSA) is 12.4 Å². The molecule has 0 fully saturated rings. The minimum Gasteiger partial charge on any atom is -0.284 e. The molecular weight excluding hydrogens is 297 g/mol. The molecule has 0 spiro atoms. The summed E-state index contributed by atoms with van der Waals surface area (Å²) in [5.41, 5.74) is 2.57. The van der Waals surface area contributed by atoms with Gasteiger partial charge in [-0.3, -0.25) is 4.99 Å². The van der Waals surface area contributed by atoms with Crippen LogP contribution in [0.1, 0.15) is 32.3 Å². The lowest BCUT2D eigenvalue weighted by Crippen LogP contribution is -2.25. The molecule has 0 amide bonds. The van der Waals surface area contributed by atoms with Gasteiger partial charge in [-0.25, -0.2) is 0 Å². The standard InChI is InChI=1S/C13H16IN/c1-13(2,14)12-9-8-11(15-12)10-6-4-3-5-7-10/h3-7,12H,8-9H2,1-2H3. The second-order valence-corrected chi connectivity index (χ2v) is 7.34. The highest BCUT2D eigenvalue weighted by atomic mass is 127. The lowest BCUT2D eigenvalue weighted by Gasteiger charge is -2.21. The van der Waals surface area contributed by atoms with Gasteiger partial charge in [-0.05, 0) is 32.3 Å². The predicted octanol–water partition coefficient (Wildman–Crippen LogP) is 3.85. The van der Waals surface area contributed by atoms with Crippen LogP contribution in [0.5, 0.6) is 0 Å². The monoisotopic (exact) mass is 313 g/mol. The number of hydrogen-bond donors (Lipinski definition) is 0. The average molecular weight is 313 g/mol. The number of aliphatic imine (C=N–C) groups is 1. The third-order valence-electron chi connectivity index (χ3n) is 2.87. The summed E-state index contributed by atoms with van der Waals surface area (Å²) in [5, 5.41) is 0. The van der Waals surface area contributed by atoms with E-state index in [0.29, 0.717) is 6.04 Å². The molecule has 0 radical (unpaired) electrons. The van der Waals surface area contributed by atoms with Crippen LogP contribution >= 0.6 is 22.6 Å². The van der Waals surface area contributed by atoms with Gasteiger partial charge in [-0.15, -0.1) is 0 Å². The Hall–Kier alpha value is -0.380. The van der Waals surface area contributed by atoms with Crippen molar-refractivity contribution in [1.82, 2.24) is 0 Å². The summed E-state index contributed by atoms with van der Waals surface area (Å²) < 4.78 is 0.272. The molecule has 0 saturated carbocycles. The van der Waals surface area contributed by atoms with E-state index in [9.17, 15) is 0 Å². The lowest BCUT2D eigenvalue weighted by molar-refractivity contribution is 0.561. The molecule has 80 valence electrons. The van der Waals surface area contributed by atoms with Crippen LogP contribution in [0, 0.1) is 0 Å². The van der Waals surface area contributed by atoms with Gasteiger partial charge in [0, 0.05) is 9.13 Å². The number of alkyl halides is 1. The maximum absolute atomic E-state index is 4.84. The largest absolute Gasteiger partial charge is 0.284 e. The SMILES string of the molecule is CC(C)(I)C1CCC(c2ccccc2)=N1. The first-order chi connectivity index (χ1) is 7.07. The van der Waals surface area contributed by atoms with E-state index in [4.69, 9.17) is 4.99 Å². The first kappa shape index (κ1) is 11.1. The first-order valence-corrected chi connectivity index (χ1v) is 6.46. The van der Waals surface area contributed by atoms with Gasteiger partial charge >= 0.3 is 0 Å². The molecule has 0 N–H and O–H groups in total. The summed E-state index contributed by atoms with van der Waals surface area (Å²) in [6, 6.07) is 11.0. The van der Waals surface area contributed by atoms with E-state index >= 15 is 0 Å². The second kappa shape index (κ2) is 4.24. The Bertz CT molecular complexity index is 362. The molecule has 0 aromatic heterocycles. The zero-order valence-corrected chi connectivity index (χ0v) is 11.4. The third-order valence-corrected chi connectivity index (χ3v) is 3.58. The van der Waals surface area contributed by atoms with Crippen LogP contribution in [0.15, 0.2) is 35.3 Å². The summed E-state index contributed by atoms with van der Waals surface area (Å²) in [6.45, 7) is 4.52. The number of hydrogen-bond acceptors (Lipinski definition) is 1. The fourth-order valence-electron chi connectivity index (χ4n) is 1.94. The minimum atomic E-state index is 0.272. The zero-order chi connectivity index (χ0) is 10.9. The van der Waals surface area contributed by atoms with Crippen molar-refractivity contribution in [1.29, 1.82) is 0 Å². The molecule has 0 aliphatic carbocycles. The summed E-state index contributed by atoms with van der Waals surface area (Å²) in [7, 11) is 0. The molecule has 1 atom stereocenters. The van der Waals surface area contributed by atoms with Crippen molar-refractivity contribution >= 4 is 28.3 Å². The molecule has 0 bridgehead atoms. The summed E-state index contributed by atoms with van der Waals surface area (Å²) in [4.78, 5) is 4.84. The van der Waals surface area contributed by atoms with Crippen LogP contribution in [0.3, 0.4) is 0 Å². The molecule has 2 heteroatoms. The molecule has 15 heavy (non-hydrogen) atoms. The van der Waals surface area contributed by atoms with Crippen molar-refractivity contribution in [2.45, 2.75) is 36.2 Å². The molecule has 1 aromatic rings. The van der Waals surface area contributed by atoms with Crippen molar-refractivity contribution in [3.63, 3.8) is 0 Å². The molecule has 1 unspecified atom stereocenters. The van der Waals surface area contributed by atoms with Crippen LogP contribution in [-0.4, -0.2) is 15.2 Å². The molecule has 1 nitrogen and oxygen atoms in total. The fourth-order valence-corrected chi connectivity index (χ4v) is 2.39. The Kier molecular flexibility index (Phi) is 3.14. The quantitative estimate of drug-likeness (QED) is 0.581. The van der Waals surface area contributed by atoms with Crippen molar-refractivity contribution in [2.75, 3.05) is 0 Å². The molecule has 2 rings (SSSR count). The van der Waals surface area contributed by atoms with Gasteiger partial charge in [0.25, 0.3) is 0 Å². The van der Waals surface area contributed by atoms with Gasteiger partial charge in [0.15, 0.2) is 0 Å². The highest BCUT2D eigenvalue weighted by molar-refractivity contribution is 14.1. The molecule has 1 heterocycles. The normalized spacial score (nSPS) is 21.5. The number of benzene rings is 1. The number of rotatable bonds is 2. The Balaban J connectivity index is 2.21. The second-order valence-electron chi connectivity index (χ2n) is 4.56. The van der Waals surface area contributed by atoms with E-state index < -0.39 is 0 Å². The van der Waals surface area contributed by atoms with Crippen LogP contribution < -0.4 is 0 Å². The number of halogens is 1. The highest BCUT2D eigenvalue weighted by Crippen LogP contribution is 2.32. The highest BCUT2D eigenvalue weighted by Gasteiger charge is 2.30. The summed E-state index contributed by atoms with van der Waals surface area (Å²) in [6.07, 6.45) is 2.32. The van der Waals surface area contributed by atoms with E-state index in [2.05, 4.69) is 66.8 Å². The first-order valence-electron chi connectivity index (χ1n) is 5.38. The third kappa shape index (κ3) is 2.60. The molecule has 1 aliphatic rings. The van der Waals surface area contributed by atoms with Crippen molar-refractivity contribution < 1.29 is 0 Å². The maximum atomic E-state index is 4.84. The number of nitrogens with zero attached hydrogens (tertiary/aromatic N) is 1. The van der Waals surface area contributed by atoms with Gasteiger partial charge in [-0.2, -0.15) is 0 Å². The van der Waals surface area contributed by atoms with Gasteiger partial charge in [-0.1, -0.05) is 52.9 Å². The van der Waals surface area contributed by atoms with Crippen LogP contribution in [0.25, 0.3) is 0 Å². The average Bonchev–Trinajstić information content (AvgIpc) is 2.67. The van der Waals surface area contributed by atoms with Gasteiger partial charge < -0.3 is 0 Å². The molecule has 1 aliphatic heterocycles. The van der Waals surface area contributed by atoms with Crippen LogP contribution in [0.4, 0.5) is 0 Å². The molecule has 1 aromatic carbocycles. The Morgan fingerprint density at radius 1 is 1.27 bits per heavy atom. The van der Waals surface area contributed by atoms with Crippen molar-refractivity contribution in [3.05, 3.63) is 35.9 Å². The smallest absolute Gasteiger partial charge is 0.0647 e. The predicted molar refractivity (Wildman–Crippen MR) is 74.1 cm³/mol. The van der Waals surface area contributed by atoms with E-state index in [-0.39, 0.29) is 3.42 Å². The van der Waals surface area contributed by atoms with E-state index in [1.54, 1.807) is 0 Å². The van der Waals surface area contributed by atoms with Gasteiger partial charge in [0.05, 0.1) is 6.04 Å². The van der Waals surface area contributed by atoms with Crippen LogP contribution in [-0.2, 0) is 0 Å².